The van der Waals surface area contributed by atoms with Crippen LogP contribution >= 0.6 is 0 Å². The molecule has 0 aliphatic carbocycles. The number of rotatable bonds is 16. The van der Waals surface area contributed by atoms with Crippen LogP contribution < -0.4 is 0 Å². The van der Waals surface area contributed by atoms with E-state index < -0.39 is 0 Å². The van der Waals surface area contributed by atoms with Crippen molar-refractivity contribution in [2.75, 3.05) is 32.7 Å². The Morgan fingerprint density at radius 2 is 1.21 bits per heavy atom. The second kappa shape index (κ2) is 16.2. The van der Waals surface area contributed by atoms with Crippen molar-refractivity contribution in [2.45, 2.75) is 137 Å². The summed E-state index contributed by atoms with van der Waals surface area (Å²) in [6.45, 7) is 15.0. The molecule has 2 fully saturated rings. The summed E-state index contributed by atoms with van der Waals surface area (Å²) in [4.78, 5) is 17.9. The van der Waals surface area contributed by atoms with E-state index in [2.05, 4.69) is 37.5 Å². The van der Waals surface area contributed by atoms with Crippen LogP contribution in [0.2, 0.25) is 0 Å². The van der Waals surface area contributed by atoms with Crippen molar-refractivity contribution >= 4 is 5.91 Å². The van der Waals surface area contributed by atoms with Crippen molar-refractivity contribution in [3.8, 4) is 0 Å². The highest BCUT2D eigenvalue weighted by atomic mass is 16.2. The Morgan fingerprint density at radius 1 is 0.697 bits per heavy atom. The number of unbranched alkanes of at least 4 members (excludes halogenated alkanes) is 7. The summed E-state index contributed by atoms with van der Waals surface area (Å²) < 4.78 is 0. The van der Waals surface area contributed by atoms with Gasteiger partial charge in [0.05, 0.1) is 0 Å². The maximum atomic E-state index is 12.9. The van der Waals surface area contributed by atoms with Gasteiger partial charge in [-0.2, -0.15) is 0 Å². The summed E-state index contributed by atoms with van der Waals surface area (Å²) in [6.07, 6.45) is 22.6. The minimum absolute atomic E-state index is 0.218. The van der Waals surface area contributed by atoms with E-state index in [1.165, 1.54) is 122 Å². The van der Waals surface area contributed by atoms with Crippen molar-refractivity contribution in [3.05, 3.63) is 0 Å². The summed E-state index contributed by atoms with van der Waals surface area (Å²) in [7, 11) is 0. The molecule has 2 aliphatic heterocycles. The highest BCUT2D eigenvalue weighted by Gasteiger charge is 2.39. The van der Waals surface area contributed by atoms with Crippen LogP contribution in [0.15, 0.2) is 0 Å². The van der Waals surface area contributed by atoms with Gasteiger partial charge in [-0.05, 0) is 69.4 Å². The van der Waals surface area contributed by atoms with Gasteiger partial charge in [-0.25, -0.2) is 0 Å². The van der Waals surface area contributed by atoms with Crippen LogP contribution in [0.1, 0.15) is 137 Å². The lowest BCUT2D eigenvalue weighted by molar-refractivity contribution is -0.138. The first-order chi connectivity index (χ1) is 16.0. The lowest BCUT2D eigenvalue weighted by atomic mass is 9.71. The molecule has 33 heavy (non-hydrogen) atoms. The molecule has 2 aliphatic rings. The molecule has 0 aromatic carbocycles. The number of hydrogen-bond donors (Lipinski definition) is 0. The first kappa shape index (κ1) is 28.7. The Hall–Kier alpha value is -0.570. The van der Waals surface area contributed by atoms with Crippen LogP contribution in [0.3, 0.4) is 0 Å². The van der Waals surface area contributed by atoms with E-state index in [1.54, 1.807) is 0 Å². The predicted octanol–water partition coefficient (Wildman–Crippen LogP) is 8.07. The molecule has 1 spiro atoms. The summed E-state index contributed by atoms with van der Waals surface area (Å²) in [5, 5.41) is 0. The third-order valence-corrected chi connectivity index (χ3v) is 8.91. The molecule has 0 aromatic heterocycles. The fraction of sp³-hybridized carbons (Fsp3) is 0.967. The van der Waals surface area contributed by atoms with Crippen LogP contribution in [0.25, 0.3) is 0 Å². The first-order valence-electron chi connectivity index (χ1n) is 15.0. The topological polar surface area (TPSA) is 23.6 Å². The SMILES string of the molecule is CCCCCCC(CCCC)CN1CCC2(CC1)CCN(C(=O)C(C)CCCCCC)CC2. The van der Waals surface area contributed by atoms with Crippen LogP contribution in [-0.4, -0.2) is 48.4 Å². The Bertz CT molecular complexity index is 501. The molecule has 0 radical (unpaired) electrons. The molecule has 2 rings (SSSR count). The van der Waals surface area contributed by atoms with Crippen molar-refractivity contribution in [2.24, 2.45) is 17.3 Å². The van der Waals surface area contributed by atoms with Gasteiger partial charge in [0.25, 0.3) is 0 Å². The molecule has 2 unspecified atom stereocenters. The highest BCUT2D eigenvalue weighted by Crippen LogP contribution is 2.42. The van der Waals surface area contributed by atoms with Crippen molar-refractivity contribution in [3.63, 3.8) is 0 Å². The number of likely N-dealkylation sites (tertiary alicyclic amines) is 2. The molecule has 194 valence electrons. The summed E-state index contributed by atoms with van der Waals surface area (Å²) in [6, 6.07) is 0. The largest absolute Gasteiger partial charge is 0.342 e. The quantitative estimate of drug-likeness (QED) is 0.216. The first-order valence-corrected chi connectivity index (χ1v) is 15.0. The molecule has 3 nitrogen and oxygen atoms in total. The molecule has 0 aromatic rings. The zero-order chi connectivity index (χ0) is 23.9. The Kier molecular flexibility index (Phi) is 14.0. The van der Waals surface area contributed by atoms with Crippen molar-refractivity contribution in [1.82, 2.24) is 9.80 Å². The van der Waals surface area contributed by atoms with Gasteiger partial charge in [-0.1, -0.05) is 91.9 Å². The fourth-order valence-corrected chi connectivity index (χ4v) is 6.27. The van der Waals surface area contributed by atoms with E-state index in [0.717, 1.165) is 25.4 Å². The Balaban J connectivity index is 1.71. The standard InChI is InChI=1S/C30H58N2O/c1-5-8-11-13-15-27(4)29(33)32-24-20-30(21-25-32)18-22-31(23-19-30)26-28(16-10-7-3)17-14-12-9-6-2/h27-28H,5-26H2,1-4H3. The van der Waals surface area contributed by atoms with E-state index in [0.29, 0.717) is 11.3 Å². The van der Waals surface area contributed by atoms with E-state index in [9.17, 15) is 4.79 Å². The molecule has 0 N–H and O–H groups in total. The van der Waals surface area contributed by atoms with Gasteiger partial charge >= 0.3 is 0 Å². The molecule has 3 heteroatoms. The molecule has 1 amide bonds. The molecular weight excluding hydrogens is 404 g/mol. The van der Waals surface area contributed by atoms with Gasteiger partial charge in [0.15, 0.2) is 0 Å². The fourth-order valence-electron chi connectivity index (χ4n) is 6.27. The van der Waals surface area contributed by atoms with Gasteiger partial charge in [0, 0.05) is 25.6 Å². The van der Waals surface area contributed by atoms with E-state index in [4.69, 9.17) is 0 Å². The Labute approximate surface area is 207 Å². The van der Waals surface area contributed by atoms with Crippen LogP contribution in [0, 0.1) is 17.3 Å². The van der Waals surface area contributed by atoms with Gasteiger partial charge in [0.1, 0.15) is 0 Å². The third-order valence-electron chi connectivity index (χ3n) is 8.91. The maximum absolute atomic E-state index is 12.9. The lowest BCUT2D eigenvalue weighted by Crippen LogP contribution is -2.49. The number of amides is 1. The normalized spacial score (nSPS) is 20.8. The average molecular weight is 463 g/mol. The minimum atomic E-state index is 0.218. The smallest absolute Gasteiger partial charge is 0.225 e. The summed E-state index contributed by atoms with van der Waals surface area (Å²) in [5.74, 6) is 1.56. The Morgan fingerprint density at radius 3 is 1.79 bits per heavy atom. The average Bonchev–Trinajstić information content (AvgIpc) is 2.84. The monoisotopic (exact) mass is 462 g/mol. The number of hydrogen-bond acceptors (Lipinski definition) is 2. The van der Waals surface area contributed by atoms with Crippen molar-refractivity contribution < 1.29 is 4.79 Å². The molecule has 0 saturated carbocycles. The summed E-state index contributed by atoms with van der Waals surface area (Å²) >= 11 is 0. The molecular formula is C30H58N2O. The zero-order valence-corrected chi connectivity index (χ0v) is 23.0. The van der Waals surface area contributed by atoms with E-state index in [1.807, 2.05) is 0 Å². The molecule has 2 saturated heterocycles. The maximum Gasteiger partial charge on any atom is 0.225 e. The van der Waals surface area contributed by atoms with Crippen LogP contribution in [-0.2, 0) is 4.79 Å². The predicted molar refractivity (Wildman–Crippen MR) is 144 cm³/mol. The van der Waals surface area contributed by atoms with E-state index >= 15 is 0 Å². The zero-order valence-electron chi connectivity index (χ0n) is 23.0. The number of carbonyl (C=O) groups excluding carboxylic acids is 1. The number of nitrogens with zero attached hydrogens (tertiary/aromatic N) is 2. The van der Waals surface area contributed by atoms with Gasteiger partial charge in [-0.15, -0.1) is 0 Å². The van der Waals surface area contributed by atoms with Gasteiger partial charge in [-0.3, -0.25) is 4.79 Å². The second-order valence-electron chi connectivity index (χ2n) is 11.7. The minimum Gasteiger partial charge on any atom is -0.342 e. The third kappa shape index (κ3) is 10.3. The van der Waals surface area contributed by atoms with E-state index in [-0.39, 0.29) is 5.92 Å². The number of carbonyl (C=O) groups is 1. The van der Waals surface area contributed by atoms with Crippen LogP contribution in [0.5, 0.6) is 0 Å². The summed E-state index contributed by atoms with van der Waals surface area (Å²) in [5.41, 5.74) is 0.525. The lowest BCUT2D eigenvalue weighted by Gasteiger charge is -2.47. The molecule has 2 heterocycles. The molecule has 0 bridgehead atoms. The van der Waals surface area contributed by atoms with Crippen LogP contribution in [0.4, 0.5) is 0 Å². The highest BCUT2D eigenvalue weighted by molar-refractivity contribution is 5.78. The van der Waals surface area contributed by atoms with Gasteiger partial charge in [0.2, 0.25) is 5.91 Å². The molecule has 2 atom stereocenters. The second-order valence-corrected chi connectivity index (χ2v) is 11.7. The van der Waals surface area contributed by atoms with Crippen molar-refractivity contribution in [1.29, 1.82) is 0 Å². The number of piperidine rings is 2. The van der Waals surface area contributed by atoms with Gasteiger partial charge < -0.3 is 9.80 Å².